The number of aromatic nitrogens is 3. The molecule has 4 aromatic rings. The number of rotatable bonds is 7. The highest BCUT2D eigenvalue weighted by atomic mass is 32.1. The first-order valence-corrected chi connectivity index (χ1v) is 10.7. The minimum atomic E-state index is -0.590. The maximum atomic E-state index is 14.0. The van der Waals surface area contributed by atoms with Gasteiger partial charge in [0.15, 0.2) is 10.5 Å². The van der Waals surface area contributed by atoms with Gasteiger partial charge in [0.25, 0.3) is 11.5 Å². The van der Waals surface area contributed by atoms with Crippen LogP contribution in [0.4, 0.5) is 4.39 Å². The summed E-state index contributed by atoms with van der Waals surface area (Å²) >= 11 is 1.25. The molecule has 9 heteroatoms. The number of carbonyl (C=O) groups is 1. The number of nitrogens with zero attached hydrogens (tertiary/aromatic N) is 4. The molecule has 0 saturated heterocycles. The molecule has 0 aliphatic rings. The van der Waals surface area contributed by atoms with Crippen LogP contribution in [0.5, 0.6) is 5.75 Å². The van der Waals surface area contributed by atoms with Gasteiger partial charge in [-0.25, -0.2) is 9.07 Å². The largest absolute Gasteiger partial charge is 0.492 e. The quantitative estimate of drug-likeness (QED) is 0.434. The first-order valence-electron chi connectivity index (χ1n) is 9.82. The van der Waals surface area contributed by atoms with Gasteiger partial charge >= 0.3 is 0 Å². The van der Waals surface area contributed by atoms with Crippen LogP contribution in [0.15, 0.2) is 88.1 Å². The van der Waals surface area contributed by atoms with E-state index in [4.69, 9.17) is 4.74 Å². The molecular weight excluding hydrogens is 431 g/mol. The van der Waals surface area contributed by atoms with Gasteiger partial charge in [0.2, 0.25) is 0 Å². The van der Waals surface area contributed by atoms with Gasteiger partial charge in [-0.2, -0.15) is 10.1 Å². The van der Waals surface area contributed by atoms with E-state index in [1.165, 1.54) is 34.2 Å². The van der Waals surface area contributed by atoms with Gasteiger partial charge in [-0.15, -0.1) is 11.3 Å². The van der Waals surface area contributed by atoms with Crippen molar-refractivity contribution in [3.8, 4) is 5.75 Å². The third-order valence-corrected chi connectivity index (χ3v) is 5.35. The molecule has 7 nitrogen and oxygen atoms in total. The van der Waals surface area contributed by atoms with Crippen molar-refractivity contribution in [3.63, 3.8) is 0 Å². The number of benzene rings is 2. The maximum absolute atomic E-state index is 14.0. The number of thiazole rings is 1. The molecule has 2 aromatic heterocycles. The fourth-order valence-corrected chi connectivity index (χ4v) is 3.68. The predicted octanol–water partition coefficient (Wildman–Crippen LogP) is 3.11. The summed E-state index contributed by atoms with van der Waals surface area (Å²) in [5.41, 5.74) is 0.184. The second-order valence-corrected chi connectivity index (χ2v) is 7.64. The zero-order valence-electron chi connectivity index (χ0n) is 16.9. The van der Waals surface area contributed by atoms with Gasteiger partial charge in [0.05, 0.1) is 13.1 Å². The average Bonchev–Trinajstić information content (AvgIpc) is 3.23. The molecule has 162 valence electrons. The highest BCUT2D eigenvalue weighted by Crippen LogP contribution is 2.09. The molecule has 0 fully saturated rings. The number of carbonyl (C=O) groups excluding carboxylic acids is 1. The Labute approximate surface area is 186 Å². The summed E-state index contributed by atoms with van der Waals surface area (Å²) in [6, 6.07) is 18.3. The van der Waals surface area contributed by atoms with E-state index in [9.17, 15) is 14.0 Å². The second kappa shape index (κ2) is 9.97. The lowest BCUT2D eigenvalue weighted by atomic mass is 10.2. The summed E-state index contributed by atoms with van der Waals surface area (Å²) in [6.45, 7) is 0.645. The zero-order chi connectivity index (χ0) is 22.3. The molecule has 4 rings (SSSR count). The van der Waals surface area contributed by atoms with Gasteiger partial charge in [0, 0.05) is 23.2 Å². The van der Waals surface area contributed by atoms with Crippen molar-refractivity contribution in [2.45, 2.75) is 13.1 Å². The molecule has 0 bridgehead atoms. The number of ether oxygens (including phenoxy) is 1. The Bertz CT molecular complexity index is 1340. The number of para-hydroxylation sites is 1. The van der Waals surface area contributed by atoms with Crippen molar-refractivity contribution in [1.29, 1.82) is 0 Å². The van der Waals surface area contributed by atoms with Crippen molar-refractivity contribution in [2.24, 2.45) is 4.99 Å². The van der Waals surface area contributed by atoms with E-state index in [2.05, 4.69) is 10.1 Å². The van der Waals surface area contributed by atoms with E-state index in [1.807, 2.05) is 30.3 Å². The van der Waals surface area contributed by atoms with E-state index in [-0.39, 0.29) is 36.8 Å². The second-order valence-electron chi connectivity index (χ2n) is 6.76. The first-order chi connectivity index (χ1) is 15.6. The van der Waals surface area contributed by atoms with E-state index < -0.39 is 5.91 Å². The lowest BCUT2D eigenvalue weighted by Crippen LogP contribution is -2.27. The van der Waals surface area contributed by atoms with Crippen LogP contribution in [-0.4, -0.2) is 26.9 Å². The monoisotopic (exact) mass is 450 g/mol. The van der Waals surface area contributed by atoms with Crippen LogP contribution in [0.3, 0.4) is 0 Å². The minimum Gasteiger partial charge on any atom is -0.492 e. The molecule has 0 N–H and O–H groups in total. The number of hydrogen-bond donors (Lipinski definition) is 0. The Morgan fingerprint density at radius 3 is 2.66 bits per heavy atom. The van der Waals surface area contributed by atoms with Crippen LogP contribution in [0.2, 0.25) is 0 Å². The van der Waals surface area contributed by atoms with Crippen molar-refractivity contribution in [3.05, 3.63) is 111 Å². The van der Waals surface area contributed by atoms with E-state index in [0.717, 1.165) is 0 Å². The maximum Gasteiger partial charge on any atom is 0.300 e. The normalized spacial score (nSPS) is 11.5. The molecule has 32 heavy (non-hydrogen) atoms. The van der Waals surface area contributed by atoms with Gasteiger partial charge < -0.3 is 9.30 Å². The Kier molecular flexibility index (Phi) is 6.66. The third kappa shape index (κ3) is 5.25. The summed E-state index contributed by atoms with van der Waals surface area (Å²) in [6.07, 6.45) is 1.73. The van der Waals surface area contributed by atoms with Crippen molar-refractivity contribution >= 4 is 17.2 Å². The topological polar surface area (TPSA) is 78.5 Å². The number of amides is 1. The number of halogens is 1. The highest BCUT2D eigenvalue weighted by molar-refractivity contribution is 7.07. The van der Waals surface area contributed by atoms with Gasteiger partial charge in [-0.3, -0.25) is 9.59 Å². The van der Waals surface area contributed by atoms with Gasteiger partial charge in [-0.05, 0) is 24.3 Å². The van der Waals surface area contributed by atoms with Crippen LogP contribution >= 0.6 is 11.3 Å². The highest BCUT2D eigenvalue weighted by Gasteiger charge is 2.10. The van der Waals surface area contributed by atoms with E-state index in [1.54, 1.807) is 34.3 Å². The SMILES string of the molecule is O=C(N=c1sccn1Cc1ccccc1F)c1ccc(=O)n(CCOc2ccccc2)n1. The summed E-state index contributed by atoms with van der Waals surface area (Å²) in [5.74, 6) is -0.234. The molecule has 2 heterocycles. The summed E-state index contributed by atoms with van der Waals surface area (Å²) < 4.78 is 22.4. The van der Waals surface area contributed by atoms with Crippen LogP contribution in [0.1, 0.15) is 16.1 Å². The first kappa shape index (κ1) is 21.4. The summed E-state index contributed by atoms with van der Waals surface area (Å²) in [5, 5.41) is 5.89. The average molecular weight is 450 g/mol. The van der Waals surface area contributed by atoms with Crippen molar-refractivity contribution in [1.82, 2.24) is 14.3 Å². The van der Waals surface area contributed by atoms with Crippen molar-refractivity contribution < 1.29 is 13.9 Å². The molecule has 0 spiro atoms. The fourth-order valence-electron chi connectivity index (χ4n) is 2.95. The fraction of sp³-hybridized carbons (Fsp3) is 0.130. The standard InChI is InChI=1S/C23H19FN4O3S/c24-19-9-5-4-6-17(19)16-27-13-15-32-23(27)25-22(30)20-10-11-21(29)28(26-20)12-14-31-18-7-2-1-3-8-18/h1-11,13,15H,12,14,16H2. The minimum absolute atomic E-state index is 0.0372. The molecule has 1 amide bonds. The van der Waals surface area contributed by atoms with Crippen LogP contribution in [0.25, 0.3) is 0 Å². The molecule has 0 aliphatic heterocycles. The lowest BCUT2D eigenvalue weighted by molar-refractivity contribution is 0.0990. The van der Waals surface area contributed by atoms with Gasteiger partial charge in [-0.1, -0.05) is 36.4 Å². The molecule has 0 saturated carbocycles. The Balaban J connectivity index is 1.50. The predicted molar refractivity (Wildman–Crippen MR) is 118 cm³/mol. The third-order valence-electron chi connectivity index (χ3n) is 4.56. The molecule has 0 radical (unpaired) electrons. The van der Waals surface area contributed by atoms with Gasteiger partial charge in [0.1, 0.15) is 18.2 Å². The molecule has 0 atom stereocenters. The van der Waals surface area contributed by atoms with Crippen LogP contribution < -0.4 is 15.1 Å². The smallest absolute Gasteiger partial charge is 0.300 e. The molecule has 2 aromatic carbocycles. The van der Waals surface area contributed by atoms with Crippen LogP contribution in [0, 0.1) is 5.82 Å². The van der Waals surface area contributed by atoms with E-state index in [0.29, 0.717) is 16.1 Å². The molecule has 0 aliphatic carbocycles. The van der Waals surface area contributed by atoms with Crippen LogP contribution in [-0.2, 0) is 13.1 Å². The van der Waals surface area contributed by atoms with Crippen molar-refractivity contribution in [2.75, 3.05) is 6.61 Å². The Morgan fingerprint density at radius 1 is 1.06 bits per heavy atom. The van der Waals surface area contributed by atoms with E-state index >= 15 is 0 Å². The summed E-state index contributed by atoms with van der Waals surface area (Å²) in [7, 11) is 0. The lowest BCUT2D eigenvalue weighted by Gasteiger charge is -2.08. The zero-order valence-corrected chi connectivity index (χ0v) is 17.7. The Morgan fingerprint density at radius 2 is 1.84 bits per heavy atom. The molecule has 0 unspecified atom stereocenters. The molecular formula is C23H19FN4O3S. The summed E-state index contributed by atoms with van der Waals surface area (Å²) in [4.78, 5) is 29.3. The number of hydrogen-bond acceptors (Lipinski definition) is 5. The Hall–Kier alpha value is -3.85.